The van der Waals surface area contributed by atoms with Crippen LogP contribution in [-0.4, -0.2) is 11.3 Å². The molecule has 1 aromatic heterocycles. The maximum absolute atomic E-state index is 12.5. The second-order valence-corrected chi connectivity index (χ2v) is 9.47. The molecule has 0 bridgehead atoms. The molecule has 5 aromatic rings. The number of halogens is 1. The van der Waals surface area contributed by atoms with Crippen molar-refractivity contribution < 1.29 is 13.9 Å². The molecule has 2 unspecified atom stereocenters. The SMILES string of the molecule is Cc1ccc(N2C(=O)C(Cl)C2c2ccc(OCc3cc(=O)oc4c3ccc3ccccc34)cc2)cc1. The van der Waals surface area contributed by atoms with Crippen molar-refractivity contribution in [2.24, 2.45) is 0 Å². The number of alkyl halides is 1. The summed E-state index contributed by atoms with van der Waals surface area (Å²) in [6.07, 6.45) is 0. The zero-order chi connectivity index (χ0) is 24.8. The van der Waals surface area contributed by atoms with Crippen LogP contribution in [0.3, 0.4) is 0 Å². The minimum absolute atomic E-state index is 0.104. The van der Waals surface area contributed by atoms with E-state index >= 15 is 0 Å². The van der Waals surface area contributed by atoms with Crippen LogP contribution in [0.1, 0.15) is 22.7 Å². The molecule has 0 saturated carbocycles. The van der Waals surface area contributed by atoms with Crippen molar-refractivity contribution in [1.29, 1.82) is 0 Å². The fourth-order valence-corrected chi connectivity index (χ4v) is 5.13. The highest BCUT2D eigenvalue weighted by molar-refractivity contribution is 6.37. The molecule has 36 heavy (non-hydrogen) atoms. The Morgan fingerprint density at radius 1 is 0.889 bits per heavy atom. The molecular weight excluding hydrogens is 474 g/mol. The van der Waals surface area contributed by atoms with Crippen LogP contribution in [0, 0.1) is 6.92 Å². The van der Waals surface area contributed by atoms with Crippen LogP contribution in [0.2, 0.25) is 0 Å². The van der Waals surface area contributed by atoms with Crippen LogP contribution in [0.4, 0.5) is 5.69 Å². The van der Waals surface area contributed by atoms with E-state index in [1.54, 1.807) is 4.90 Å². The molecule has 0 aliphatic carbocycles. The number of fused-ring (bicyclic) bond motifs is 3. The lowest BCUT2D eigenvalue weighted by molar-refractivity contribution is -0.123. The molecule has 6 heteroatoms. The summed E-state index contributed by atoms with van der Waals surface area (Å²) in [6, 6.07) is 28.4. The van der Waals surface area contributed by atoms with Gasteiger partial charge in [-0.05, 0) is 42.1 Å². The highest BCUT2D eigenvalue weighted by atomic mass is 35.5. The van der Waals surface area contributed by atoms with Gasteiger partial charge >= 0.3 is 5.63 Å². The van der Waals surface area contributed by atoms with Crippen molar-refractivity contribution in [2.45, 2.75) is 24.9 Å². The smallest absolute Gasteiger partial charge is 0.336 e. The van der Waals surface area contributed by atoms with E-state index in [1.165, 1.54) is 6.07 Å². The lowest BCUT2D eigenvalue weighted by Crippen LogP contribution is -2.56. The minimum atomic E-state index is -0.609. The fourth-order valence-electron chi connectivity index (χ4n) is 4.76. The Morgan fingerprint density at radius 2 is 1.64 bits per heavy atom. The van der Waals surface area contributed by atoms with Gasteiger partial charge in [-0.3, -0.25) is 4.79 Å². The van der Waals surface area contributed by atoms with Crippen molar-refractivity contribution >= 4 is 44.9 Å². The summed E-state index contributed by atoms with van der Waals surface area (Å²) in [5.41, 5.74) is 3.80. The largest absolute Gasteiger partial charge is 0.489 e. The molecule has 0 spiro atoms. The summed E-state index contributed by atoms with van der Waals surface area (Å²) in [5.74, 6) is 0.549. The van der Waals surface area contributed by atoms with Crippen LogP contribution in [0.25, 0.3) is 21.7 Å². The number of β-lactam (4-membered cyclic amide) rings is 1. The number of carbonyl (C=O) groups excluding carboxylic acids is 1. The van der Waals surface area contributed by atoms with Gasteiger partial charge in [0.2, 0.25) is 5.91 Å². The Labute approximate surface area is 212 Å². The molecule has 1 aliphatic heterocycles. The first-order valence-corrected chi connectivity index (χ1v) is 12.1. The summed E-state index contributed by atoms with van der Waals surface area (Å²) in [4.78, 5) is 26.5. The fraction of sp³-hybridized carbons (Fsp3) is 0.133. The third kappa shape index (κ3) is 3.82. The molecule has 1 amide bonds. The quantitative estimate of drug-likeness (QED) is 0.120. The van der Waals surface area contributed by atoms with E-state index in [-0.39, 0.29) is 18.6 Å². The van der Waals surface area contributed by atoms with Crippen molar-refractivity contribution in [3.63, 3.8) is 0 Å². The summed E-state index contributed by atoms with van der Waals surface area (Å²) in [6.45, 7) is 2.23. The van der Waals surface area contributed by atoms with Gasteiger partial charge in [-0.1, -0.05) is 66.2 Å². The van der Waals surface area contributed by atoms with E-state index in [2.05, 4.69) is 0 Å². The summed E-state index contributed by atoms with van der Waals surface area (Å²) in [5, 5.41) is 2.13. The van der Waals surface area contributed by atoms with Gasteiger partial charge in [-0.2, -0.15) is 0 Å². The van der Waals surface area contributed by atoms with Crippen molar-refractivity contribution in [2.75, 3.05) is 4.90 Å². The number of aryl methyl sites for hydroxylation is 1. The van der Waals surface area contributed by atoms with Gasteiger partial charge in [0.1, 0.15) is 23.3 Å². The highest BCUT2D eigenvalue weighted by Crippen LogP contribution is 2.42. The number of ether oxygens (including phenoxy) is 1. The highest BCUT2D eigenvalue weighted by Gasteiger charge is 2.47. The molecule has 178 valence electrons. The number of rotatable bonds is 5. The topological polar surface area (TPSA) is 59.8 Å². The van der Waals surface area contributed by atoms with Gasteiger partial charge in [-0.15, -0.1) is 11.6 Å². The van der Waals surface area contributed by atoms with Gasteiger partial charge < -0.3 is 14.1 Å². The number of benzene rings is 4. The minimum Gasteiger partial charge on any atom is -0.489 e. The van der Waals surface area contributed by atoms with Crippen LogP contribution in [0.5, 0.6) is 5.75 Å². The maximum Gasteiger partial charge on any atom is 0.336 e. The van der Waals surface area contributed by atoms with Crippen LogP contribution >= 0.6 is 11.6 Å². The first kappa shape index (κ1) is 22.4. The zero-order valence-corrected chi connectivity index (χ0v) is 20.2. The number of amides is 1. The molecule has 1 fully saturated rings. The second kappa shape index (κ2) is 8.85. The number of hydrogen-bond donors (Lipinski definition) is 0. The molecule has 2 heterocycles. The predicted octanol–water partition coefficient (Wildman–Crippen LogP) is 6.53. The first-order valence-electron chi connectivity index (χ1n) is 11.7. The van der Waals surface area contributed by atoms with Crippen LogP contribution in [0.15, 0.2) is 100 Å². The third-order valence-electron chi connectivity index (χ3n) is 6.68. The zero-order valence-electron chi connectivity index (χ0n) is 19.5. The van der Waals surface area contributed by atoms with Gasteiger partial charge in [-0.25, -0.2) is 4.79 Å². The molecule has 0 N–H and O–H groups in total. The monoisotopic (exact) mass is 495 g/mol. The van der Waals surface area contributed by atoms with E-state index in [9.17, 15) is 9.59 Å². The molecule has 1 saturated heterocycles. The molecule has 5 nitrogen and oxygen atoms in total. The summed E-state index contributed by atoms with van der Waals surface area (Å²) >= 11 is 6.41. The van der Waals surface area contributed by atoms with Gasteiger partial charge in [0.15, 0.2) is 0 Å². The standard InChI is InChI=1S/C30H22ClNO4/c1-18-6-11-22(12-7-18)32-28(27(31)30(32)34)20-8-13-23(14-9-20)35-17-21-16-26(33)36-29-24-5-3-2-4-19(24)10-15-25(21)29/h2-16,27-28H,17H2,1H3. The van der Waals surface area contributed by atoms with E-state index in [0.29, 0.717) is 11.3 Å². The molecule has 0 radical (unpaired) electrons. The molecule has 6 rings (SSSR count). The Morgan fingerprint density at radius 3 is 2.42 bits per heavy atom. The van der Waals surface area contributed by atoms with Crippen LogP contribution in [-0.2, 0) is 11.4 Å². The molecule has 2 atom stereocenters. The van der Waals surface area contributed by atoms with Gasteiger partial charge in [0.05, 0.1) is 6.04 Å². The van der Waals surface area contributed by atoms with E-state index in [4.69, 9.17) is 20.8 Å². The molecule has 4 aromatic carbocycles. The average Bonchev–Trinajstić information content (AvgIpc) is 2.91. The van der Waals surface area contributed by atoms with Crippen LogP contribution < -0.4 is 15.3 Å². The van der Waals surface area contributed by atoms with E-state index < -0.39 is 11.0 Å². The Kier molecular flexibility index (Phi) is 5.50. The van der Waals surface area contributed by atoms with Gasteiger partial charge in [0, 0.05) is 28.1 Å². The molecular formula is C30H22ClNO4. The maximum atomic E-state index is 12.5. The first-order chi connectivity index (χ1) is 17.5. The number of carbonyl (C=O) groups is 1. The second-order valence-electron chi connectivity index (χ2n) is 9.00. The normalized spacial score (nSPS) is 17.4. The Bertz CT molecular complexity index is 1660. The summed E-state index contributed by atoms with van der Waals surface area (Å²) < 4.78 is 11.6. The number of hydrogen-bond acceptors (Lipinski definition) is 4. The third-order valence-corrected chi connectivity index (χ3v) is 7.10. The number of anilines is 1. The average molecular weight is 496 g/mol. The van der Waals surface area contributed by atoms with Crippen molar-refractivity contribution in [3.05, 3.63) is 118 Å². The van der Waals surface area contributed by atoms with Crippen molar-refractivity contribution in [3.8, 4) is 5.75 Å². The lowest BCUT2D eigenvalue weighted by atomic mass is 9.92. The number of nitrogens with zero attached hydrogens (tertiary/aromatic N) is 1. The predicted molar refractivity (Wildman–Crippen MR) is 142 cm³/mol. The van der Waals surface area contributed by atoms with Crippen molar-refractivity contribution in [1.82, 2.24) is 0 Å². The summed E-state index contributed by atoms with van der Waals surface area (Å²) in [7, 11) is 0. The lowest BCUT2D eigenvalue weighted by Gasteiger charge is -2.44. The van der Waals surface area contributed by atoms with Gasteiger partial charge in [0.25, 0.3) is 0 Å². The van der Waals surface area contributed by atoms with E-state index in [0.717, 1.165) is 38.5 Å². The van der Waals surface area contributed by atoms with E-state index in [1.807, 2.05) is 91.9 Å². The Hall–Kier alpha value is -4.09. The Balaban J connectivity index is 1.24. The molecule has 1 aliphatic rings.